The molecule has 0 unspecified atom stereocenters. The molecule has 0 saturated heterocycles. The van der Waals surface area contributed by atoms with Crippen LogP contribution in [0.5, 0.6) is 5.75 Å². The first-order chi connectivity index (χ1) is 5.18. The van der Waals surface area contributed by atoms with Crippen molar-refractivity contribution in [2.75, 3.05) is 5.73 Å². The van der Waals surface area contributed by atoms with Crippen molar-refractivity contribution in [3.8, 4) is 5.75 Å². The second-order valence-electron chi connectivity index (χ2n) is 2.02. The summed E-state index contributed by atoms with van der Waals surface area (Å²) in [6, 6.07) is 6.42. The second-order valence-corrected chi connectivity index (χ2v) is 2.02. The second kappa shape index (κ2) is 5.45. The van der Waals surface area contributed by atoms with E-state index in [1.54, 1.807) is 18.2 Å². The van der Waals surface area contributed by atoms with Crippen molar-refractivity contribution in [3.05, 3.63) is 24.3 Å². The number of anilines is 1. The third-order valence-electron chi connectivity index (χ3n) is 1.10. The molecule has 1 rings (SSSR count). The zero-order chi connectivity index (χ0) is 8.27. The number of rotatable bonds is 2. The fraction of sp³-hybridized carbons (Fsp3) is 0. The van der Waals surface area contributed by atoms with Crippen molar-refractivity contribution in [2.24, 2.45) is 0 Å². The molecule has 4 N–H and O–H groups in total. The Bertz CT molecular complexity index is 251. The summed E-state index contributed by atoms with van der Waals surface area (Å²) in [5, 5.41) is 16.8. The molecule has 6 heteroatoms. The van der Waals surface area contributed by atoms with Crippen LogP contribution in [0.1, 0.15) is 1.43 Å². The Morgan fingerprint density at radius 3 is 2.58 bits per heavy atom. The van der Waals surface area contributed by atoms with E-state index in [2.05, 4.69) is 4.65 Å². The molecule has 4 nitrogen and oxygen atoms in total. The van der Waals surface area contributed by atoms with Crippen LogP contribution < -0.4 is 39.9 Å². The Labute approximate surface area is 94.3 Å². The molecule has 0 saturated carbocycles. The summed E-state index contributed by atoms with van der Waals surface area (Å²) >= 11 is 0. The average molecular weight is 177 g/mol. The maximum Gasteiger partial charge on any atom is 1.00 e. The van der Waals surface area contributed by atoms with Gasteiger partial charge in [0.25, 0.3) is 0 Å². The molecule has 0 aliphatic carbocycles. The van der Waals surface area contributed by atoms with E-state index in [0.29, 0.717) is 11.4 Å². The minimum Gasteiger partial charge on any atom is -1.00 e. The van der Waals surface area contributed by atoms with Gasteiger partial charge in [-0.25, -0.2) is 0 Å². The van der Waals surface area contributed by atoms with Gasteiger partial charge in [0.15, 0.2) is 0 Å². The van der Waals surface area contributed by atoms with E-state index in [1.165, 1.54) is 6.07 Å². The summed E-state index contributed by atoms with van der Waals surface area (Å²) in [7, 11) is -1.79. The first-order valence-corrected chi connectivity index (χ1v) is 3.07. The number of nitrogens with two attached hydrogens (primary N) is 1. The van der Waals surface area contributed by atoms with E-state index in [1.807, 2.05) is 0 Å². The maximum atomic E-state index is 8.39. The molecule has 0 heterocycles. The molecule has 0 aromatic heterocycles. The normalized spacial score (nSPS) is 8.50. The van der Waals surface area contributed by atoms with Crippen LogP contribution in [0.4, 0.5) is 5.69 Å². The molecular formula is C6H9BNNaO3. The van der Waals surface area contributed by atoms with Gasteiger partial charge in [-0.2, -0.15) is 0 Å². The number of benzene rings is 1. The standard InChI is InChI=1S/C6H8BNO3.Na.H/c8-5-2-1-3-6(4-5)11-7(9)10;;/h1-4,9-10H,8H2;;/q;+1;-1. The Morgan fingerprint density at radius 1 is 1.42 bits per heavy atom. The van der Waals surface area contributed by atoms with Gasteiger partial charge in [0.2, 0.25) is 0 Å². The monoisotopic (exact) mass is 177 g/mol. The molecule has 12 heavy (non-hydrogen) atoms. The molecule has 1 aromatic carbocycles. The van der Waals surface area contributed by atoms with Crippen LogP contribution in [0, 0.1) is 0 Å². The summed E-state index contributed by atoms with van der Waals surface area (Å²) in [6.45, 7) is 0. The van der Waals surface area contributed by atoms with Crippen molar-refractivity contribution in [2.45, 2.75) is 0 Å². The topological polar surface area (TPSA) is 75.7 Å². The number of hydrogen-bond donors (Lipinski definition) is 3. The molecule has 0 aliphatic heterocycles. The molecule has 0 atom stereocenters. The van der Waals surface area contributed by atoms with E-state index in [-0.39, 0.29) is 31.0 Å². The summed E-state index contributed by atoms with van der Waals surface area (Å²) in [5.41, 5.74) is 5.91. The molecular weight excluding hydrogens is 168 g/mol. The van der Waals surface area contributed by atoms with Gasteiger partial charge in [-0.3, -0.25) is 0 Å². The van der Waals surface area contributed by atoms with E-state index >= 15 is 0 Å². The van der Waals surface area contributed by atoms with Crippen LogP contribution in [0.25, 0.3) is 0 Å². The molecule has 0 spiro atoms. The first-order valence-electron chi connectivity index (χ1n) is 3.07. The van der Waals surface area contributed by atoms with Crippen LogP contribution in [0.15, 0.2) is 24.3 Å². The van der Waals surface area contributed by atoms with Gasteiger partial charge in [0, 0.05) is 11.8 Å². The zero-order valence-electron chi connectivity index (χ0n) is 7.77. The Morgan fingerprint density at radius 2 is 2.08 bits per heavy atom. The fourth-order valence-electron chi connectivity index (χ4n) is 0.710. The largest absolute Gasteiger partial charge is 1.00 e. The maximum absolute atomic E-state index is 8.39. The van der Waals surface area contributed by atoms with Gasteiger partial charge in [-0.15, -0.1) is 0 Å². The fourth-order valence-corrected chi connectivity index (χ4v) is 0.710. The van der Waals surface area contributed by atoms with Crippen LogP contribution in [0.3, 0.4) is 0 Å². The molecule has 0 radical (unpaired) electrons. The Balaban J connectivity index is 0. The van der Waals surface area contributed by atoms with Crippen molar-refractivity contribution in [1.29, 1.82) is 0 Å². The molecule has 0 amide bonds. The minimum atomic E-state index is -1.79. The smallest absolute Gasteiger partial charge is 1.00 e. The van der Waals surface area contributed by atoms with Gasteiger partial charge >= 0.3 is 36.9 Å². The van der Waals surface area contributed by atoms with Crippen LogP contribution in [-0.4, -0.2) is 17.4 Å². The predicted molar refractivity (Wildman–Crippen MR) is 42.8 cm³/mol. The van der Waals surface area contributed by atoms with Gasteiger partial charge in [-0.05, 0) is 12.1 Å². The first kappa shape index (κ1) is 11.8. The van der Waals surface area contributed by atoms with E-state index in [0.717, 1.165) is 0 Å². The molecule has 0 aliphatic rings. The molecule has 0 fully saturated rings. The summed E-state index contributed by atoms with van der Waals surface area (Å²) in [6.07, 6.45) is 0. The van der Waals surface area contributed by atoms with E-state index in [9.17, 15) is 0 Å². The summed E-state index contributed by atoms with van der Waals surface area (Å²) in [4.78, 5) is 0. The molecule has 1 aromatic rings. The third-order valence-corrected chi connectivity index (χ3v) is 1.10. The predicted octanol–water partition coefficient (Wildman–Crippen LogP) is -3.27. The summed E-state index contributed by atoms with van der Waals surface area (Å²) < 4.78 is 4.53. The average Bonchev–Trinajstić information content (AvgIpc) is 1.85. The zero-order valence-corrected chi connectivity index (χ0v) is 8.77. The van der Waals surface area contributed by atoms with Crippen LogP contribution >= 0.6 is 0 Å². The van der Waals surface area contributed by atoms with Gasteiger partial charge < -0.3 is 21.9 Å². The SMILES string of the molecule is Nc1cccc(OB(O)O)c1.[H-].[Na+]. The van der Waals surface area contributed by atoms with Crippen molar-refractivity contribution >= 4 is 13.0 Å². The van der Waals surface area contributed by atoms with Gasteiger partial charge in [-0.1, -0.05) is 6.07 Å². The number of hydrogen-bond acceptors (Lipinski definition) is 4. The van der Waals surface area contributed by atoms with Crippen LogP contribution in [-0.2, 0) is 0 Å². The van der Waals surface area contributed by atoms with E-state index in [4.69, 9.17) is 15.8 Å². The van der Waals surface area contributed by atoms with Crippen molar-refractivity contribution in [3.63, 3.8) is 0 Å². The van der Waals surface area contributed by atoms with Gasteiger partial charge in [0.05, 0.1) is 0 Å². The Hall–Kier alpha value is -0.195. The number of nitrogen functional groups attached to an aromatic ring is 1. The van der Waals surface area contributed by atoms with Gasteiger partial charge in [0.1, 0.15) is 5.75 Å². The van der Waals surface area contributed by atoms with Crippen molar-refractivity contribution < 1.29 is 45.7 Å². The quantitative estimate of drug-likeness (QED) is 0.327. The summed E-state index contributed by atoms with van der Waals surface area (Å²) in [5.74, 6) is 0.333. The van der Waals surface area contributed by atoms with E-state index < -0.39 is 7.32 Å². The Kier molecular flexibility index (Phi) is 5.36. The third kappa shape index (κ3) is 3.99. The van der Waals surface area contributed by atoms with Crippen LogP contribution in [0.2, 0.25) is 0 Å². The molecule has 60 valence electrons. The van der Waals surface area contributed by atoms with Crippen molar-refractivity contribution in [1.82, 2.24) is 0 Å². The molecule has 0 bridgehead atoms. The minimum absolute atomic E-state index is 0.